The Balaban J connectivity index is 2.87. The fourth-order valence-corrected chi connectivity index (χ4v) is 1.49. The van der Waals surface area contributed by atoms with Crippen LogP contribution in [0.5, 0.6) is 0 Å². The maximum Gasteiger partial charge on any atom is 0.352 e. The number of rotatable bonds is 6. The molecule has 0 fully saturated rings. The van der Waals surface area contributed by atoms with Crippen molar-refractivity contribution >= 4 is 52.9 Å². The summed E-state index contributed by atoms with van der Waals surface area (Å²) in [6.07, 6.45) is -1.41. The molecule has 0 radical (unpaired) electrons. The van der Waals surface area contributed by atoms with Gasteiger partial charge in [0.25, 0.3) is 12.2 Å². The van der Waals surface area contributed by atoms with Crippen molar-refractivity contribution in [3.63, 3.8) is 0 Å². The summed E-state index contributed by atoms with van der Waals surface area (Å²) < 4.78 is 7.49. The highest BCUT2D eigenvalue weighted by molar-refractivity contribution is 6.67. The van der Waals surface area contributed by atoms with Gasteiger partial charge >= 0.3 is 5.97 Å². The summed E-state index contributed by atoms with van der Waals surface area (Å²) in [5.41, 5.74) is 0.000259. The summed E-state index contributed by atoms with van der Waals surface area (Å²) in [5, 5.41) is 10.5. The highest BCUT2D eigenvalue weighted by Gasteiger charge is 2.28. The molecule has 1 rings (SSSR count). The molecular formula is C11H8Cl3NO6. The molecule has 1 aromatic rings. The molecule has 7 nitrogen and oxygen atoms in total. The van der Waals surface area contributed by atoms with Crippen molar-refractivity contribution in [2.45, 2.75) is 9.90 Å². The van der Waals surface area contributed by atoms with Gasteiger partial charge in [0.15, 0.2) is 0 Å². The smallest absolute Gasteiger partial charge is 0.352 e. The van der Waals surface area contributed by atoms with Crippen LogP contribution in [-0.4, -0.2) is 27.8 Å². The van der Waals surface area contributed by atoms with Gasteiger partial charge in [0.2, 0.25) is 9.90 Å². The lowest BCUT2D eigenvalue weighted by molar-refractivity contribution is -0.384. The first-order valence-corrected chi connectivity index (χ1v) is 6.45. The van der Waals surface area contributed by atoms with Gasteiger partial charge in [0.1, 0.15) is 6.61 Å². The molecule has 0 aliphatic carbocycles. The van der Waals surface area contributed by atoms with Crippen molar-refractivity contribution in [1.29, 1.82) is 0 Å². The van der Waals surface area contributed by atoms with Crippen molar-refractivity contribution in [2.75, 3.05) is 6.61 Å². The molecule has 0 aliphatic heterocycles. The Morgan fingerprint density at radius 3 is 2.33 bits per heavy atom. The minimum absolute atomic E-state index is 0.0443. The van der Waals surface area contributed by atoms with Gasteiger partial charge in [-0.15, -0.1) is 0 Å². The number of non-ortho nitro benzene ring substituents is 1. The van der Waals surface area contributed by atoms with Crippen molar-refractivity contribution in [2.24, 2.45) is 0 Å². The molecule has 0 spiro atoms. The molecule has 21 heavy (non-hydrogen) atoms. The van der Waals surface area contributed by atoms with E-state index in [9.17, 15) is 19.7 Å². The number of hydrogen-bond donors (Lipinski definition) is 0. The van der Waals surface area contributed by atoms with Gasteiger partial charge in [-0.05, 0) is 12.1 Å². The van der Waals surface area contributed by atoms with Gasteiger partial charge in [-0.25, -0.2) is 4.79 Å². The molecule has 10 heteroatoms. The molecule has 0 aliphatic rings. The predicted molar refractivity (Wildman–Crippen MR) is 74.2 cm³/mol. The molecule has 1 aromatic carbocycles. The highest BCUT2D eigenvalue weighted by Crippen LogP contribution is 2.28. The number of esters is 1. The van der Waals surface area contributed by atoms with Crippen LogP contribution in [0.15, 0.2) is 24.3 Å². The average Bonchev–Trinajstić information content (AvgIpc) is 2.41. The van der Waals surface area contributed by atoms with Crippen LogP contribution in [0, 0.1) is 10.1 Å². The summed E-state index contributed by atoms with van der Waals surface area (Å²) in [7, 11) is 0. The topological polar surface area (TPSA) is 95.7 Å². The third kappa shape index (κ3) is 5.74. The molecule has 0 saturated heterocycles. The zero-order valence-corrected chi connectivity index (χ0v) is 12.5. The number of hydrogen-bond acceptors (Lipinski definition) is 6. The van der Waals surface area contributed by atoms with E-state index in [0.717, 1.165) is 12.1 Å². The Morgan fingerprint density at radius 1 is 1.33 bits per heavy atom. The van der Waals surface area contributed by atoms with Gasteiger partial charge in [0.05, 0.1) is 4.92 Å². The number of carbonyl (C=O) groups is 2. The first kappa shape index (κ1) is 17.5. The van der Waals surface area contributed by atoms with Crippen molar-refractivity contribution < 1.29 is 24.0 Å². The first-order valence-electron chi connectivity index (χ1n) is 5.31. The van der Waals surface area contributed by atoms with Gasteiger partial charge in [0, 0.05) is 17.7 Å². The number of alkyl halides is 3. The third-order valence-electron chi connectivity index (χ3n) is 2.19. The van der Waals surface area contributed by atoms with Crippen LogP contribution in [-0.2, 0) is 19.1 Å². The van der Waals surface area contributed by atoms with E-state index in [4.69, 9.17) is 39.5 Å². The second kappa shape index (κ2) is 7.44. The third-order valence-corrected chi connectivity index (χ3v) is 2.52. The Morgan fingerprint density at radius 2 is 1.90 bits per heavy atom. The normalized spacial score (nSPS) is 12.3. The molecule has 0 bridgehead atoms. The lowest BCUT2D eigenvalue weighted by Gasteiger charge is -2.16. The number of nitro groups is 1. The standard InChI is InChI=1S/C11H8Cl3NO6/c12-11(13,14)5-20-10(17)9(21-6-16)7-1-3-8(4-2-7)15(18)19/h1-4,6,9H,5H2. The van der Waals surface area contributed by atoms with Gasteiger partial charge < -0.3 is 9.47 Å². The van der Waals surface area contributed by atoms with Gasteiger partial charge in [-0.3, -0.25) is 14.9 Å². The summed E-state index contributed by atoms with van der Waals surface area (Å²) in [4.78, 5) is 32.2. The highest BCUT2D eigenvalue weighted by atomic mass is 35.6. The number of ether oxygens (including phenoxy) is 2. The quantitative estimate of drug-likeness (QED) is 0.256. The Bertz CT molecular complexity index is 528. The van der Waals surface area contributed by atoms with Crippen molar-refractivity contribution in [3.05, 3.63) is 39.9 Å². The van der Waals surface area contributed by atoms with Crippen LogP contribution < -0.4 is 0 Å². The van der Waals surface area contributed by atoms with Crippen LogP contribution >= 0.6 is 34.8 Å². The van der Waals surface area contributed by atoms with Gasteiger partial charge in [-0.1, -0.05) is 34.8 Å². The Labute approximate surface area is 133 Å². The molecule has 114 valence electrons. The number of nitrogens with zero attached hydrogens (tertiary/aromatic N) is 1. The average molecular weight is 357 g/mol. The summed E-state index contributed by atoms with van der Waals surface area (Å²) in [5.74, 6) is -0.970. The fraction of sp³-hybridized carbons (Fsp3) is 0.273. The van der Waals surface area contributed by atoms with Crippen LogP contribution in [0.4, 0.5) is 5.69 Å². The Hall–Kier alpha value is -1.57. The van der Waals surface area contributed by atoms with E-state index in [2.05, 4.69) is 4.74 Å². The molecule has 0 N–H and O–H groups in total. The zero-order chi connectivity index (χ0) is 16.0. The molecule has 0 heterocycles. The SMILES string of the molecule is O=COC(C(=O)OCC(Cl)(Cl)Cl)c1ccc([N+](=O)[O-])cc1. The van der Waals surface area contributed by atoms with E-state index in [0.29, 0.717) is 0 Å². The van der Waals surface area contributed by atoms with Crippen molar-refractivity contribution in [1.82, 2.24) is 0 Å². The molecule has 1 unspecified atom stereocenters. The minimum atomic E-state index is -1.81. The monoisotopic (exact) mass is 355 g/mol. The summed E-state index contributed by atoms with van der Waals surface area (Å²) >= 11 is 16.3. The van der Waals surface area contributed by atoms with E-state index < -0.39 is 27.4 Å². The van der Waals surface area contributed by atoms with Crippen LogP contribution in [0.1, 0.15) is 11.7 Å². The van der Waals surface area contributed by atoms with Crippen LogP contribution in [0.25, 0.3) is 0 Å². The van der Waals surface area contributed by atoms with E-state index >= 15 is 0 Å². The number of benzene rings is 1. The van der Waals surface area contributed by atoms with E-state index in [1.54, 1.807) is 0 Å². The lowest BCUT2D eigenvalue weighted by Crippen LogP contribution is -2.23. The van der Waals surface area contributed by atoms with Crippen LogP contribution in [0.3, 0.4) is 0 Å². The molecule has 0 aromatic heterocycles. The number of halogens is 3. The minimum Gasteiger partial charge on any atom is -0.458 e. The second-order valence-corrected chi connectivity index (χ2v) is 6.20. The van der Waals surface area contributed by atoms with Crippen molar-refractivity contribution in [3.8, 4) is 0 Å². The number of nitro benzene ring substituents is 1. The molecule has 0 saturated carbocycles. The second-order valence-electron chi connectivity index (χ2n) is 3.68. The van der Waals surface area contributed by atoms with E-state index in [1.807, 2.05) is 0 Å². The number of carbonyl (C=O) groups excluding carboxylic acids is 2. The zero-order valence-electron chi connectivity index (χ0n) is 10.2. The van der Waals surface area contributed by atoms with Crippen LogP contribution in [0.2, 0.25) is 0 Å². The largest absolute Gasteiger partial charge is 0.458 e. The maximum absolute atomic E-state index is 11.8. The summed E-state index contributed by atoms with van der Waals surface area (Å²) in [6.45, 7) is -0.495. The van der Waals surface area contributed by atoms with Gasteiger partial charge in [-0.2, -0.15) is 0 Å². The van der Waals surface area contributed by atoms with E-state index in [1.165, 1.54) is 12.1 Å². The molecule has 0 amide bonds. The molecule has 1 atom stereocenters. The predicted octanol–water partition coefficient (Wildman–Crippen LogP) is 2.72. The fourth-order valence-electron chi connectivity index (χ4n) is 1.33. The van der Waals surface area contributed by atoms with E-state index in [-0.39, 0.29) is 17.7 Å². The lowest BCUT2D eigenvalue weighted by atomic mass is 10.1. The summed E-state index contributed by atoms with van der Waals surface area (Å²) in [6, 6.07) is 4.81. The maximum atomic E-state index is 11.8. The first-order chi connectivity index (χ1) is 9.74. The molecular weight excluding hydrogens is 348 g/mol. The Kier molecular flexibility index (Phi) is 6.19.